The van der Waals surface area contributed by atoms with E-state index in [-0.39, 0.29) is 5.91 Å². The summed E-state index contributed by atoms with van der Waals surface area (Å²) in [5.74, 6) is 0.447. The van der Waals surface area contributed by atoms with Crippen LogP contribution in [0.3, 0.4) is 0 Å². The van der Waals surface area contributed by atoms with E-state index in [1.807, 2.05) is 69.3 Å². The zero-order chi connectivity index (χ0) is 22.8. The minimum Gasteiger partial charge on any atom is -0.496 e. The molecule has 4 aromatic rings. The zero-order valence-electron chi connectivity index (χ0n) is 18.5. The number of hydrogen-bond acceptors (Lipinski definition) is 3. The first-order chi connectivity index (χ1) is 15.3. The van der Waals surface area contributed by atoms with Crippen LogP contribution >= 0.6 is 11.6 Å². The molecule has 0 fully saturated rings. The lowest BCUT2D eigenvalue weighted by Gasteiger charge is -2.11. The molecule has 1 N–H and O–H groups in total. The number of amides is 1. The number of furan rings is 1. The monoisotopic (exact) mass is 445 g/mol. The van der Waals surface area contributed by atoms with Gasteiger partial charge in [0.2, 0.25) is 5.91 Å². The molecule has 0 atom stereocenters. The van der Waals surface area contributed by atoms with Gasteiger partial charge in [0, 0.05) is 39.4 Å². The van der Waals surface area contributed by atoms with E-state index < -0.39 is 0 Å². The van der Waals surface area contributed by atoms with Gasteiger partial charge in [-0.2, -0.15) is 0 Å². The summed E-state index contributed by atoms with van der Waals surface area (Å²) in [5, 5.41) is 4.56. The highest BCUT2D eigenvalue weighted by atomic mass is 35.5. The van der Waals surface area contributed by atoms with Crippen molar-refractivity contribution in [3.63, 3.8) is 0 Å². The van der Waals surface area contributed by atoms with Gasteiger partial charge in [-0.05, 0) is 73.4 Å². The van der Waals surface area contributed by atoms with Crippen LogP contribution in [0.15, 0.2) is 71.4 Å². The number of halogens is 1. The van der Waals surface area contributed by atoms with E-state index in [1.54, 1.807) is 19.4 Å². The third-order valence-electron chi connectivity index (χ3n) is 5.31. The smallest absolute Gasteiger partial charge is 0.248 e. The Kier molecular flexibility index (Phi) is 6.06. The Balaban J connectivity index is 1.70. The van der Waals surface area contributed by atoms with Crippen molar-refractivity contribution in [3.05, 3.63) is 88.6 Å². The van der Waals surface area contributed by atoms with Gasteiger partial charge in [-0.25, -0.2) is 0 Å². The van der Waals surface area contributed by atoms with Gasteiger partial charge in [0.15, 0.2) is 0 Å². The van der Waals surface area contributed by atoms with E-state index in [0.717, 1.165) is 44.5 Å². The second kappa shape index (κ2) is 8.93. The molecule has 3 aromatic carbocycles. The highest BCUT2D eigenvalue weighted by molar-refractivity contribution is 6.30. The fourth-order valence-electron chi connectivity index (χ4n) is 3.88. The van der Waals surface area contributed by atoms with Gasteiger partial charge in [0.05, 0.1) is 13.4 Å². The highest BCUT2D eigenvalue weighted by Gasteiger charge is 2.15. The topological polar surface area (TPSA) is 51.5 Å². The van der Waals surface area contributed by atoms with Crippen molar-refractivity contribution in [1.82, 2.24) is 0 Å². The van der Waals surface area contributed by atoms with Crippen molar-refractivity contribution in [2.24, 2.45) is 0 Å². The Hall–Kier alpha value is -3.50. The lowest BCUT2D eigenvalue weighted by Crippen LogP contribution is -2.09. The summed E-state index contributed by atoms with van der Waals surface area (Å²) in [4.78, 5) is 12.7. The summed E-state index contributed by atoms with van der Waals surface area (Å²) in [6.45, 7) is 5.91. The minimum atomic E-state index is -0.195. The van der Waals surface area contributed by atoms with E-state index in [4.69, 9.17) is 20.8 Å². The Morgan fingerprint density at radius 2 is 1.72 bits per heavy atom. The fraction of sp³-hybridized carbons (Fsp3) is 0.148. The molecule has 0 spiro atoms. The van der Waals surface area contributed by atoms with Gasteiger partial charge in [0.25, 0.3) is 0 Å². The number of methoxy groups -OCH3 is 1. The van der Waals surface area contributed by atoms with Crippen molar-refractivity contribution >= 4 is 39.7 Å². The van der Waals surface area contributed by atoms with E-state index >= 15 is 0 Å². The number of carbonyl (C=O) groups is 1. The maximum atomic E-state index is 12.7. The van der Waals surface area contributed by atoms with Gasteiger partial charge in [-0.15, -0.1) is 0 Å². The van der Waals surface area contributed by atoms with Crippen molar-refractivity contribution in [2.75, 3.05) is 12.4 Å². The van der Waals surface area contributed by atoms with E-state index in [0.29, 0.717) is 16.4 Å². The molecule has 1 heterocycles. The van der Waals surface area contributed by atoms with Gasteiger partial charge in [-0.3, -0.25) is 4.79 Å². The molecule has 0 aliphatic heterocycles. The molecule has 0 bridgehead atoms. The SMILES string of the molecule is COc1cc2occ(-c3ccc(Cl)cc3)c2cc1/C(C)=C/C(=O)Nc1cc(C)cc(C)c1. The normalized spacial score (nSPS) is 11.6. The Bertz CT molecular complexity index is 1310. The van der Waals surface area contributed by atoms with E-state index in [2.05, 4.69) is 11.4 Å². The van der Waals surface area contributed by atoms with E-state index in [1.165, 1.54) is 0 Å². The van der Waals surface area contributed by atoms with Crippen molar-refractivity contribution in [1.29, 1.82) is 0 Å². The average Bonchev–Trinajstić information content (AvgIpc) is 3.15. The summed E-state index contributed by atoms with van der Waals surface area (Å²) < 4.78 is 11.4. The Morgan fingerprint density at radius 1 is 1.03 bits per heavy atom. The van der Waals surface area contributed by atoms with Crippen LogP contribution < -0.4 is 10.1 Å². The summed E-state index contributed by atoms with van der Waals surface area (Å²) in [6.07, 6.45) is 3.31. The molecule has 0 saturated carbocycles. The van der Waals surface area contributed by atoms with Crippen LogP contribution in [0.5, 0.6) is 5.75 Å². The first-order valence-corrected chi connectivity index (χ1v) is 10.6. The van der Waals surface area contributed by atoms with Crippen LogP contribution in [0.2, 0.25) is 5.02 Å². The molecule has 4 nitrogen and oxygen atoms in total. The number of fused-ring (bicyclic) bond motifs is 1. The Labute approximate surface area is 192 Å². The Morgan fingerprint density at radius 3 is 2.38 bits per heavy atom. The largest absolute Gasteiger partial charge is 0.496 e. The molecule has 0 saturated heterocycles. The second-order valence-electron chi connectivity index (χ2n) is 7.90. The summed E-state index contributed by atoms with van der Waals surface area (Å²) >= 11 is 6.04. The van der Waals surface area contributed by atoms with Crippen molar-refractivity contribution < 1.29 is 13.9 Å². The number of benzene rings is 3. The van der Waals surface area contributed by atoms with Crippen LogP contribution in [0.1, 0.15) is 23.6 Å². The minimum absolute atomic E-state index is 0.195. The third-order valence-corrected chi connectivity index (χ3v) is 5.56. The standard InChI is InChI=1S/C27H24ClNO3/c1-16-9-17(2)11-21(10-16)29-27(30)12-18(3)22-13-23-24(19-5-7-20(28)8-6-19)15-32-26(23)14-25(22)31-4/h5-15H,1-4H3,(H,29,30)/b18-12+. The number of allylic oxidation sites excluding steroid dienone is 1. The van der Waals surface area contributed by atoms with Crippen LogP contribution in [0, 0.1) is 13.8 Å². The molecule has 32 heavy (non-hydrogen) atoms. The van der Waals surface area contributed by atoms with E-state index in [9.17, 15) is 4.79 Å². The van der Waals surface area contributed by atoms with Gasteiger partial charge >= 0.3 is 0 Å². The molecule has 1 aromatic heterocycles. The van der Waals surface area contributed by atoms with Crippen LogP contribution in [-0.2, 0) is 4.79 Å². The fourth-order valence-corrected chi connectivity index (χ4v) is 4.01. The summed E-state index contributed by atoms with van der Waals surface area (Å²) in [6, 6.07) is 17.4. The van der Waals surface area contributed by atoms with Crippen molar-refractivity contribution in [2.45, 2.75) is 20.8 Å². The van der Waals surface area contributed by atoms with Crippen LogP contribution in [0.4, 0.5) is 5.69 Å². The number of nitrogens with one attached hydrogen (secondary N) is 1. The van der Waals surface area contributed by atoms with Crippen LogP contribution in [-0.4, -0.2) is 13.0 Å². The molecule has 0 aliphatic carbocycles. The lowest BCUT2D eigenvalue weighted by atomic mass is 9.99. The highest BCUT2D eigenvalue weighted by Crippen LogP contribution is 2.37. The van der Waals surface area contributed by atoms with Gasteiger partial charge < -0.3 is 14.5 Å². The summed E-state index contributed by atoms with van der Waals surface area (Å²) in [7, 11) is 1.61. The molecule has 0 aliphatic rings. The molecule has 162 valence electrons. The first-order valence-electron chi connectivity index (χ1n) is 10.3. The van der Waals surface area contributed by atoms with Gasteiger partial charge in [-0.1, -0.05) is 29.8 Å². The third kappa shape index (κ3) is 4.56. The number of hydrogen-bond donors (Lipinski definition) is 1. The number of anilines is 1. The average molecular weight is 446 g/mol. The molecule has 4 rings (SSSR count). The van der Waals surface area contributed by atoms with Gasteiger partial charge in [0.1, 0.15) is 11.3 Å². The number of aryl methyl sites for hydroxylation is 2. The number of carbonyl (C=O) groups excluding carboxylic acids is 1. The number of ether oxygens (including phenoxy) is 1. The predicted molar refractivity (Wildman–Crippen MR) is 131 cm³/mol. The molecule has 0 unspecified atom stereocenters. The molecule has 5 heteroatoms. The maximum Gasteiger partial charge on any atom is 0.248 e. The molecule has 0 radical (unpaired) electrons. The molecular formula is C27H24ClNO3. The molecule has 1 amide bonds. The molecular weight excluding hydrogens is 422 g/mol. The zero-order valence-corrected chi connectivity index (χ0v) is 19.2. The van der Waals surface area contributed by atoms with Crippen LogP contribution in [0.25, 0.3) is 27.7 Å². The maximum absolute atomic E-state index is 12.7. The quantitative estimate of drug-likeness (QED) is 0.325. The first kappa shape index (κ1) is 21.7. The lowest BCUT2D eigenvalue weighted by molar-refractivity contribution is -0.111. The predicted octanol–water partition coefficient (Wildman–Crippen LogP) is 7.42. The second-order valence-corrected chi connectivity index (χ2v) is 8.33. The summed E-state index contributed by atoms with van der Waals surface area (Å²) in [5.41, 5.74) is 7.25. The van der Waals surface area contributed by atoms with Crippen molar-refractivity contribution in [3.8, 4) is 16.9 Å². The number of rotatable bonds is 5.